The number of nitrogens with zero attached hydrogens (tertiary/aromatic N) is 3. The lowest BCUT2D eigenvalue weighted by molar-refractivity contribution is 0.0819. The molecule has 1 aromatic carbocycles. The average Bonchev–Trinajstić information content (AvgIpc) is 3.15. The lowest BCUT2D eigenvalue weighted by Crippen LogP contribution is -2.39. The monoisotopic (exact) mass is 336 g/mol. The summed E-state index contributed by atoms with van der Waals surface area (Å²) in [6.07, 6.45) is 5.51. The first kappa shape index (κ1) is 16.9. The number of amides is 2. The minimum absolute atomic E-state index is 0.0628. The Morgan fingerprint density at radius 2 is 2.32 bits per heavy atom. The van der Waals surface area contributed by atoms with E-state index in [1.54, 1.807) is 41.6 Å². The van der Waals surface area contributed by atoms with Crippen LogP contribution in [-0.2, 0) is 11.3 Å². The van der Waals surface area contributed by atoms with E-state index in [4.69, 9.17) is 10.00 Å². The van der Waals surface area contributed by atoms with Crippen LogP contribution in [0, 0.1) is 11.3 Å². The van der Waals surface area contributed by atoms with Crippen molar-refractivity contribution < 1.29 is 9.53 Å². The molecule has 1 fully saturated rings. The zero-order valence-electron chi connectivity index (χ0n) is 13.9. The molecule has 1 aliphatic rings. The third kappa shape index (κ3) is 4.78. The maximum atomic E-state index is 12.8. The van der Waals surface area contributed by atoms with Gasteiger partial charge in [-0.2, -0.15) is 5.26 Å². The second-order valence-electron chi connectivity index (χ2n) is 6.00. The summed E-state index contributed by atoms with van der Waals surface area (Å²) in [6, 6.07) is 12.5. The number of aromatic nitrogens is 1. The highest BCUT2D eigenvalue weighted by Crippen LogP contribution is 2.17. The molecule has 25 heavy (non-hydrogen) atoms. The Balaban J connectivity index is 1.72. The summed E-state index contributed by atoms with van der Waals surface area (Å²) in [6.45, 7) is 1.73. The van der Waals surface area contributed by atoms with Gasteiger partial charge in [0.1, 0.15) is 0 Å². The van der Waals surface area contributed by atoms with Gasteiger partial charge in [0.25, 0.3) is 0 Å². The van der Waals surface area contributed by atoms with Crippen molar-refractivity contribution in [3.8, 4) is 6.07 Å². The van der Waals surface area contributed by atoms with Gasteiger partial charge >= 0.3 is 6.03 Å². The Labute approximate surface area is 147 Å². The van der Waals surface area contributed by atoms with Crippen LogP contribution in [0.3, 0.4) is 0 Å². The summed E-state index contributed by atoms with van der Waals surface area (Å²) in [5, 5.41) is 11.9. The molecule has 6 heteroatoms. The van der Waals surface area contributed by atoms with E-state index in [2.05, 4.69) is 16.4 Å². The van der Waals surface area contributed by atoms with E-state index in [0.29, 0.717) is 24.3 Å². The molecule has 0 radical (unpaired) electrons. The third-order valence-corrected chi connectivity index (χ3v) is 4.07. The first-order valence-corrected chi connectivity index (χ1v) is 8.31. The Morgan fingerprint density at radius 3 is 3.04 bits per heavy atom. The van der Waals surface area contributed by atoms with Crippen LogP contribution in [0.15, 0.2) is 48.8 Å². The van der Waals surface area contributed by atoms with Gasteiger partial charge in [0.2, 0.25) is 0 Å². The SMILES string of the molecule is N#Cc1cccc(NC(=O)N(Cc2cccnc2)CC2CCCO2)c1. The molecule has 0 aliphatic carbocycles. The molecule has 128 valence electrons. The topological polar surface area (TPSA) is 78.3 Å². The molecule has 0 saturated carbocycles. The number of rotatable bonds is 5. The van der Waals surface area contributed by atoms with Crippen molar-refractivity contribution in [2.45, 2.75) is 25.5 Å². The Bertz CT molecular complexity index is 752. The van der Waals surface area contributed by atoms with E-state index >= 15 is 0 Å². The maximum Gasteiger partial charge on any atom is 0.322 e. The Hall–Kier alpha value is -2.91. The number of anilines is 1. The van der Waals surface area contributed by atoms with Gasteiger partial charge in [-0.05, 0) is 42.7 Å². The second-order valence-corrected chi connectivity index (χ2v) is 6.00. The molecule has 3 rings (SSSR count). The molecular formula is C19H20N4O2. The fourth-order valence-electron chi connectivity index (χ4n) is 2.83. The average molecular weight is 336 g/mol. The minimum atomic E-state index is -0.213. The number of nitrogens with one attached hydrogen (secondary N) is 1. The van der Waals surface area contributed by atoms with Gasteiger partial charge in [0.15, 0.2) is 0 Å². The normalized spacial score (nSPS) is 16.2. The van der Waals surface area contributed by atoms with Crippen LogP contribution in [0.5, 0.6) is 0 Å². The Kier molecular flexibility index (Phi) is 5.60. The maximum absolute atomic E-state index is 12.8. The van der Waals surface area contributed by atoms with Gasteiger partial charge in [-0.15, -0.1) is 0 Å². The zero-order chi connectivity index (χ0) is 17.5. The van der Waals surface area contributed by atoms with Crippen molar-refractivity contribution in [1.29, 1.82) is 5.26 Å². The van der Waals surface area contributed by atoms with Crippen LogP contribution in [0.1, 0.15) is 24.0 Å². The standard InChI is InChI=1S/C19H20N4O2/c20-11-15-4-1-6-17(10-15)22-19(24)23(14-18-7-3-9-25-18)13-16-5-2-8-21-12-16/h1-2,4-6,8,10,12,18H,3,7,9,13-14H2,(H,22,24). The number of carbonyl (C=O) groups is 1. The van der Waals surface area contributed by atoms with Crippen LogP contribution in [-0.4, -0.2) is 35.2 Å². The van der Waals surface area contributed by atoms with Gasteiger partial charge in [-0.25, -0.2) is 4.79 Å². The van der Waals surface area contributed by atoms with Crippen LogP contribution in [0.4, 0.5) is 10.5 Å². The number of benzene rings is 1. The second kappa shape index (κ2) is 8.27. The molecule has 1 N–H and O–H groups in total. The van der Waals surface area contributed by atoms with Gasteiger partial charge in [-0.3, -0.25) is 4.98 Å². The molecule has 1 aliphatic heterocycles. The number of hydrogen-bond acceptors (Lipinski definition) is 4. The number of urea groups is 1. The summed E-state index contributed by atoms with van der Waals surface area (Å²) in [7, 11) is 0. The zero-order valence-corrected chi connectivity index (χ0v) is 13.9. The van der Waals surface area contributed by atoms with Crippen molar-refractivity contribution in [3.63, 3.8) is 0 Å². The molecule has 2 heterocycles. The largest absolute Gasteiger partial charge is 0.376 e. The highest BCUT2D eigenvalue weighted by molar-refractivity contribution is 5.89. The van der Waals surface area contributed by atoms with Crippen LogP contribution >= 0.6 is 0 Å². The van der Waals surface area contributed by atoms with E-state index in [9.17, 15) is 4.79 Å². The van der Waals surface area contributed by atoms with E-state index in [0.717, 1.165) is 25.0 Å². The highest BCUT2D eigenvalue weighted by Gasteiger charge is 2.23. The number of ether oxygens (including phenoxy) is 1. The van der Waals surface area contributed by atoms with Crippen LogP contribution in [0.2, 0.25) is 0 Å². The number of carbonyl (C=O) groups excluding carboxylic acids is 1. The molecule has 6 nitrogen and oxygen atoms in total. The van der Waals surface area contributed by atoms with Gasteiger partial charge in [0, 0.05) is 37.8 Å². The number of nitriles is 1. The first-order chi connectivity index (χ1) is 12.2. The predicted octanol–water partition coefficient (Wildman–Crippen LogP) is 3.17. The fraction of sp³-hybridized carbons (Fsp3) is 0.316. The molecule has 1 atom stereocenters. The lowest BCUT2D eigenvalue weighted by atomic mass is 10.2. The molecule has 0 bridgehead atoms. The molecule has 1 aromatic heterocycles. The predicted molar refractivity (Wildman–Crippen MR) is 93.8 cm³/mol. The molecule has 1 saturated heterocycles. The van der Waals surface area contributed by atoms with E-state index < -0.39 is 0 Å². The third-order valence-electron chi connectivity index (χ3n) is 4.07. The van der Waals surface area contributed by atoms with Crippen molar-refractivity contribution in [1.82, 2.24) is 9.88 Å². The molecule has 1 unspecified atom stereocenters. The molecule has 2 aromatic rings. The quantitative estimate of drug-likeness (QED) is 0.909. The highest BCUT2D eigenvalue weighted by atomic mass is 16.5. The van der Waals surface area contributed by atoms with Crippen molar-refractivity contribution in [2.24, 2.45) is 0 Å². The lowest BCUT2D eigenvalue weighted by Gasteiger charge is -2.25. The first-order valence-electron chi connectivity index (χ1n) is 8.31. The summed E-state index contributed by atoms with van der Waals surface area (Å²) < 4.78 is 5.68. The van der Waals surface area contributed by atoms with E-state index in [1.165, 1.54) is 0 Å². The molecule has 0 spiro atoms. The van der Waals surface area contributed by atoms with Crippen molar-refractivity contribution in [2.75, 3.05) is 18.5 Å². The summed E-state index contributed by atoms with van der Waals surface area (Å²) >= 11 is 0. The van der Waals surface area contributed by atoms with E-state index in [-0.39, 0.29) is 12.1 Å². The number of hydrogen-bond donors (Lipinski definition) is 1. The minimum Gasteiger partial charge on any atom is -0.376 e. The van der Waals surface area contributed by atoms with Gasteiger partial charge < -0.3 is 15.0 Å². The molecule has 2 amide bonds. The fourth-order valence-corrected chi connectivity index (χ4v) is 2.83. The van der Waals surface area contributed by atoms with Crippen molar-refractivity contribution in [3.05, 3.63) is 59.9 Å². The summed E-state index contributed by atoms with van der Waals surface area (Å²) in [4.78, 5) is 18.6. The van der Waals surface area contributed by atoms with Crippen LogP contribution < -0.4 is 5.32 Å². The van der Waals surface area contributed by atoms with Gasteiger partial charge in [0.05, 0.1) is 17.7 Å². The number of pyridine rings is 1. The Morgan fingerprint density at radius 1 is 1.40 bits per heavy atom. The molecular weight excluding hydrogens is 316 g/mol. The van der Waals surface area contributed by atoms with Gasteiger partial charge in [-0.1, -0.05) is 12.1 Å². The van der Waals surface area contributed by atoms with E-state index in [1.807, 2.05) is 12.1 Å². The van der Waals surface area contributed by atoms with Crippen molar-refractivity contribution >= 4 is 11.7 Å². The summed E-state index contributed by atoms with van der Waals surface area (Å²) in [5.74, 6) is 0. The smallest absolute Gasteiger partial charge is 0.322 e. The van der Waals surface area contributed by atoms with Crippen LogP contribution in [0.25, 0.3) is 0 Å². The summed E-state index contributed by atoms with van der Waals surface area (Å²) in [5.41, 5.74) is 2.07.